The summed E-state index contributed by atoms with van der Waals surface area (Å²) in [6.45, 7) is 1.80. The van der Waals surface area contributed by atoms with Crippen LogP contribution in [-0.2, 0) is 4.74 Å². The summed E-state index contributed by atoms with van der Waals surface area (Å²) in [7, 11) is 0. The second kappa shape index (κ2) is 6.16. The Morgan fingerprint density at radius 1 is 1.04 bits per heavy atom. The van der Waals surface area contributed by atoms with Crippen molar-refractivity contribution >= 4 is 23.2 Å². The van der Waals surface area contributed by atoms with E-state index >= 15 is 0 Å². The number of nitrogens with zero attached hydrogens (tertiary/aromatic N) is 5. The summed E-state index contributed by atoms with van der Waals surface area (Å²) in [5.74, 6) is -2.64. The highest BCUT2D eigenvalue weighted by molar-refractivity contribution is 6.33. The Balaban J connectivity index is 2.05. The lowest BCUT2D eigenvalue weighted by atomic mass is 10.1. The molecule has 0 spiro atoms. The largest absolute Gasteiger partial charge is 0.378 e. The Hall–Kier alpha value is -2.39. The zero-order chi connectivity index (χ0) is 17.6. The lowest BCUT2D eigenvalue weighted by Crippen LogP contribution is -2.38. The molecule has 1 fully saturated rings. The molecule has 1 saturated heterocycles. The third-order valence-corrected chi connectivity index (χ3v) is 4.20. The Morgan fingerprint density at radius 3 is 2.40 bits per heavy atom. The Morgan fingerprint density at radius 2 is 1.72 bits per heavy atom. The van der Waals surface area contributed by atoms with Gasteiger partial charge in [0.15, 0.2) is 0 Å². The van der Waals surface area contributed by atoms with Crippen molar-refractivity contribution in [2.24, 2.45) is 0 Å². The van der Waals surface area contributed by atoms with Gasteiger partial charge >= 0.3 is 0 Å². The van der Waals surface area contributed by atoms with E-state index in [9.17, 15) is 13.2 Å². The summed E-state index contributed by atoms with van der Waals surface area (Å²) < 4.78 is 48.8. The molecule has 0 radical (unpaired) electrons. The number of hydrogen-bond acceptors (Lipinski definition) is 5. The molecule has 10 heteroatoms. The SMILES string of the molecule is Fc1cc(F)c(-c2c(Cl)nc3ncnn3c2N2CCOCC2)c(F)c1. The first kappa shape index (κ1) is 16.1. The fourth-order valence-corrected chi connectivity index (χ4v) is 3.12. The molecule has 0 bridgehead atoms. The summed E-state index contributed by atoms with van der Waals surface area (Å²) in [6, 6.07) is 1.20. The monoisotopic (exact) mass is 369 g/mol. The van der Waals surface area contributed by atoms with Crippen molar-refractivity contribution in [3.63, 3.8) is 0 Å². The summed E-state index contributed by atoms with van der Waals surface area (Å²) >= 11 is 6.23. The van der Waals surface area contributed by atoms with Crippen LogP contribution in [0.5, 0.6) is 0 Å². The highest BCUT2D eigenvalue weighted by atomic mass is 35.5. The van der Waals surface area contributed by atoms with E-state index in [1.54, 1.807) is 0 Å². The fraction of sp³-hybridized carbons (Fsp3) is 0.267. The standard InChI is InChI=1S/C15H11ClF3N5O/c16-13-12(11-9(18)5-8(17)6-10(11)19)14(23-1-3-25-4-2-23)24-15(22-13)20-7-21-24/h5-7H,1-4H2. The average Bonchev–Trinajstić information content (AvgIpc) is 3.02. The molecule has 2 aromatic heterocycles. The van der Waals surface area contributed by atoms with Gasteiger partial charge in [-0.2, -0.15) is 19.6 Å². The molecule has 1 aromatic carbocycles. The van der Waals surface area contributed by atoms with Gasteiger partial charge in [-0.3, -0.25) is 0 Å². The Bertz CT molecular complexity index is 935. The molecule has 1 aliphatic rings. The van der Waals surface area contributed by atoms with Crippen LogP contribution in [-0.4, -0.2) is 45.9 Å². The highest BCUT2D eigenvalue weighted by Crippen LogP contribution is 2.39. The zero-order valence-corrected chi connectivity index (χ0v) is 13.5. The van der Waals surface area contributed by atoms with Crippen LogP contribution in [0.15, 0.2) is 18.5 Å². The van der Waals surface area contributed by atoms with Crippen LogP contribution in [0.4, 0.5) is 19.0 Å². The van der Waals surface area contributed by atoms with Gasteiger partial charge in [0.05, 0.1) is 24.3 Å². The number of fused-ring (bicyclic) bond motifs is 1. The van der Waals surface area contributed by atoms with Gasteiger partial charge in [0.1, 0.15) is 34.7 Å². The third-order valence-electron chi connectivity index (χ3n) is 3.93. The predicted molar refractivity (Wildman–Crippen MR) is 84.1 cm³/mol. The number of anilines is 1. The van der Waals surface area contributed by atoms with Gasteiger partial charge in [0.2, 0.25) is 0 Å². The minimum absolute atomic E-state index is 0.00318. The van der Waals surface area contributed by atoms with Crippen LogP contribution in [0, 0.1) is 17.5 Å². The van der Waals surface area contributed by atoms with Gasteiger partial charge in [0, 0.05) is 25.2 Å². The van der Waals surface area contributed by atoms with Crippen LogP contribution < -0.4 is 4.90 Å². The number of benzene rings is 1. The predicted octanol–water partition coefficient (Wildman–Crippen LogP) is 2.70. The normalized spacial score (nSPS) is 15.1. The van der Waals surface area contributed by atoms with Crippen molar-refractivity contribution in [2.45, 2.75) is 0 Å². The van der Waals surface area contributed by atoms with E-state index in [0.717, 1.165) is 0 Å². The first-order chi connectivity index (χ1) is 12.1. The molecule has 3 aromatic rings. The number of ether oxygens (including phenoxy) is 1. The number of hydrogen-bond donors (Lipinski definition) is 0. The molecule has 0 amide bonds. The zero-order valence-electron chi connectivity index (χ0n) is 12.7. The van der Waals surface area contributed by atoms with Crippen molar-refractivity contribution in [1.29, 1.82) is 0 Å². The van der Waals surface area contributed by atoms with Crippen molar-refractivity contribution in [2.75, 3.05) is 31.2 Å². The molecule has 6 nitrogen and oxygen atoms in total. The second-order valence-electron chi connectivity index (χ2n) is 5.42. The van der Waals surface area contributed by atoms with E-state index in [1.165, 1.54) is 10.8 Å². The Labute approximate surface area is 144 Å². The average molecular weight is 370 g/mol. The van der Waals surface area contributed by atoms with Crippen LogP contribution in [0.2, 0.25) is 5.15 Å². The first-order valence-corrected chi connectivity index (χ1v) is 7.81. The van der Waals surface area contributed by atoms with Crippen LogP contribution in [0.25, 0.3) is 16.9 Å². The number of halogens is 4. The lowest BCUT2D eigenvalue weighted by Gasteiger charge is -2.30. The maximum absolute atomic E-state index is 14.4. The van der Waals surface area contributed by atoms with Gasteiger partial charge in [-0.05, 0) is 0 Å². The topological polar surface area (TPSA) is 55.5 Å². The molecule has 1 aliphatic heterocycles. The van der Waals surface area contributed by atoms with E-state index in [2.05, 4.69) is 15.1 Å². The number of morpholine rings is 1. The third kappa shape index (κ3) is 2.69. The molecule has 0 aliphatic carbocycles. The molecule has 0 atom stereocenters. The minimum atomic E-state index is -1.07. The maximum Gasteiger partial charge on any atom is 0.255 e. The molecule has 25 heavy (non-hydrogen) atoms. The highest BCUT2D eigenvalue weighted by Gasteiger charge is 2.28. The summed E-state index contributed by atoms with van der Waals surface area (Å²) in [4.78, 5) is 9.85. The molecular formula is C15H11ClF3N5O. The molecule has 0 N–H and O–H groups in total. The van der Waals surface area contributed by atoms with Gasteiger partial charge in [0.25, 0.3) is 5.78 Å². The van der Waals surface area contributed by atoms with E-state index < -0.39 is 23.0 Å². The van der Waals surface area contributed by atoms with Crippen LogP contribution in [0.3, 0.4) is 0 Å². The molecule has 130 valence electrons. The van der Waals surface area contributed by atoms with Crippen LogP contribution in [0.1, 0.15) is 0 Å². The van der Waals surface area contributed by atoms with E-state index in [-0.39, 0.29) is 16.5 Å². The molecule has 4 rings (SSSR count). The summed E-state index contributed by atoms with van der Waals surface area (Å²) in [5, 5.41) is 3.93. The number of rotatable bonds is 2. The summed E-state index contributed by atoms with van der Waals surface area (Å²) in [5.41, 5.74) is -0.464. The van der Waals surface area contributed by atoms with Crippen LogP contribution >= 0.6 is 11.6 Å². The van der Waals surface area contributed by atoms with Gasteiger partial charge in [-0.1, -0.05) is 11.6 Å². The van der Waals surface area contributed by atoms with Gasteiger partial charge < -0.3 is 9.64 Å². The first-order valence-electron chi connectivity index (χ1n) is 7.43. The van der Waals surface area contributed by atoms with E-state index in [1.807, 2.05) is 4.90 Å². The molecule has 0 saturated carbocycles. The second-order valence-corrected chi connectivity index (χ2v) is 5.77. The quantitative estimate of drug-likeness (QED) is 0.650. The van der Waals surface area contributed by atoms with E-state index in [0.29, 0.717) is 44.3 Å². The van der Waals surface area contributed by atoms with Crippen molar-refractivity contribution in [1.82, 2.24) is 19.6 Å². The maximum atomic E-state index is 14.4. The minimum Gasteiger partial charge on any atom is -0.378 e. The lowest BCUT2D eigenvalue weighted by molar-refractivity contribution is 0.122. The van der Waals surface area contributed by atoms with Gasteiger partial charge in [-0.15, -0.1) is 0 Å². The molecule has 3 heterocycles. The van der Waals surface area contributed by atoms with Crippen molar-refractivity contribution in [3.8, 4) is 11.1 Å². The van der Waals surface area contributed by atoms with Crippen molar-refractivity contribution in [3.05, 3.63) is 41.1 Å². The summed E-state index contributed by atoms with van der Waals surface area (Å²) in [6.07, 6.45) is 1.27. The Kier molecular flexibility index (Phi) is 3.97. The number of aromatic nitrogens is 4. The van der Waals surface area contributed by atoms with E-state index in [4.69, 9.17) is 16.3 Å². The van der Waals surface area contributed by atoms with Crippen molar-refractivity contribution < 1.29 is 17.9 Å². The van der Waals surface area contributed by atoms with Gasteiger partial charge in [-0.25, -0.2) is 13.2 Å². The molecule has 0 unspecified atom stereocenters. The fourth-order valence-electron chi connectivity index (χ4n) is 2.87. The molecular weight excluding hydrogens is 359 g/mol. The smallest absolute Gasteiger partial charge is 0.255 e.